The average Bonchev–Trinajstić information content (AvgIpc) is 3.08. The summed E-state index contributed by atoms with van der Waals surface area (Å²) in [5.74, 6) is 0.424. The number of pyridine rings is 1. The summed E-state index contributed by atoms with van der Waals surface area (Å²) < 4.78 is 1.72. The van der Waals surface area contributed by atoms with E-state index in [9.17, 15) is 4.79 Å². The molecule has 1 saturated heterocycles. The van der Waals surface area contributed by atoms with Crippen molar-refractivity contribution in [3.63, 3.8) is 0 Å². The fraction of sp³-hybridized carbons (Fsp3) is 0.318. The predicted molar refractivity (Wildman–Crippen MR) is 120 cm³/mol. The van der Waals surface area contributed by atoms with Crippen molar-refractivity contribution in [3.8, 4) is 5.82 Å². The molecule has 0 spiro atoms. The van der Waals surface area contributed by atoms with Crippen LogP contribution in [0.4, 0.5) is 5.69 Å². The van der Waals surface area contributed by atoms with Gasteiger partial charge in [-0.05, 0) is 56.7 Å². The van der Waals surface area contributed by atoms with E-state index < -0.39 is 0 Å². The Hall–Kier alpha value is -2.57. The van der Waals surface area contributed by atoms with E-state index in [1.54, 1.807) is 21.7 Å². The molecule has 30 heavy (non-hydrogen) atoms. The number of aromatic nitrogens is 3. The van der Waals surface area contributed by atoms with E-state index >= 15 is 0 Å². The minimum Gasteiger partial charge on any atom is -0.368 e. The van der Waals surface area contributed by atoms with Crippen molar-refractivity contribution >= 4 is 34.8 Å². The third-order valence-corrected chi connectivity index (χ3v) is 5.88. The first kappa shape index (κ1) is 20.7. The Morgan fingerprint density at radius 2 is 1.70 bits per heavy atom. The van der Waals surface area contributed by atoms with E-state index in [0.717, 1.165) is 30.2 Å². The van der Waals surface area contributed by atoms with Gasteiger partial charge in [0, 0.05) is 42.6 Å². The fourth-order valence-electron chi connectivity index (χ4n) is 3.78. The predicted octanol–water partition coefficient (Wildman–Crippen LogP) is 4.46. The van der Waals surface area contributed by atoms with Crippen LogP contribution in [0.5, 0.6) is 0 Å². The fourth-order valence-corrected chi connectivity index (χ4v) is 4.14. The van der Waals surface area contributed by atoms with Gasteiger partial charge in [-0.3, -0.25) is 4.79 Å². The molecule has 1 fully saturated rings. The van der Waals surface area contributed by atoms with Crippen LogP contribution in [-0.4, -0.2) is 51.8 Å². The van der Waals surface area contributed by atoms with Crippen molar-refractivity contribution in [1.29, 1.82) is 0 Å². The van der Waals surface area contributed by atoms with Crippen LogP contribution in [0.3, 0.4) is 0 Å². The molecule has 8 heteroatoms. The van der Waals surface area contributed by atoms with Gasteiger partial charge in [0.2, 0.25) is 0 Å². The van der Waals surface area contributed by atoms with Gasteiger partial charge in [0.15, 0.2) is 5.82 Å². The Bertz CT molecular complexity index is 1100. The number of nitrogens with zero attached hydrogens (tertiary/aromatic N) is 5. The molecule has 6 nitrogen and oxygen atoms in total. The third-order valence-electron chi connectivity index (χ3n) is 5.34. The second-order valence-corrected chi connectivity index (χ2v) is 8.39. The molecule has 156 valence electrons. The Balaban J connectivity index is 1.52. The maximum atomic E-state index is 13.2. The summed E-state index contributed by atoms with van der Waals surface area (Å²) in [6, 6.07) is 11.3. The van der Waals surface area contributed by atoms with Crippen molar-refractivity contribution in [2.45, 2.75) is 20.8 Å². The van der Waals surface area contributed by atoms with Gasteiger partial charge in [-0.15, -0.1) is 0 Å². The number of benzene rings is 1. The van der Waals surface area contributed by atoms with E-state index in [2.05, 4.69) is 21.9 Å². The molecular weight excluding hydrogens is 421 g/mol. The number of piperazine rings is 1. The van der Waals surface area contributed by atoms with Gasteiger partial charge in [0.1, 0.15) is 5.69 Å². The van der Waals surface area contributed by atoms with Crippen LogP contribution in [0.1, 0.15) is 27.4 Å². The van der Waals surface area contributed by atoms with Crippen LogP contribution in [0.15, 0.2) is 36.4 Å². The van der Waals surface area contributed by atoms with Crippen LogP contribution in [0.2, 0.25) is 10.0 Å². The number of anilines is 1. The molecule has 4 rings (SSSR count). The molecular formula is C22H23Cl2N5O. The highest BCUT2D eigenvalue weighted by Crippen LogP contribution is 2.26. The van der Waals surface area contributed by atoms with Gasteiger partial charge in [0.25, 0.3) is 5.91 Å². The van der Waals surface area contributed by atoms with Crippen LogP contribution in [-0.2, 0) is 0 Å². The first-order valence-electron chi connectivity index (χ1n) is 9.84. The Morgan fingerprint density at radius 3 is 2.37 bits per heavy atom. The lowest BCUT2D eigenvalue weighted by molar-refractivity contribution is 0.0741. The number of hydrogen-bond donors (Lipinski definition) is 0. The molecule has 1 amide bonds. The largest absolute Gasteiger partial charge is 0.368 e. The first-order valence-corrected chi connectivity index (χ1v) is 10.6. The molecule has 1 aliphatic rings. The van der Waals surface area contributed by atoms with Gasteiger partial charge in [-0.25, -0.2) is 9.67 Å². The zero-order valence-corrected chi connectivity index (χ0v) is 18.7. The SMILES string of the molecule is Cc1cc(C)n(-c2ccc(Cl)c(C(=O)N3CCN(c4cc(Cl)ccc4C)CC3)n2)n1. The van der Waals surface area contributed by atoms with Crippen molar-refractivity contribution in [3.05, 3.63) is 69.1 Å². The molecule has 0 N–H and O–H groups in total. The van der Waals surface area contributed by atoms with Crippen LogP contribution >= 0.6 is 23.2 Å². The number of aryl methyl sites for hydroxylation is 3. The van der Waals surface area contributed by atoms with Gasteiger partial charge in [-0.2, -0.15) is 5.10 Å². The highest BCUT2D eigenvalue weighted by atomic mass is 35.5. The third kappa shape index (κ3) is 4.02. The molecule has 0 atom stereocenters. The van der Waals surface area contributed by atoms with Gasteiger partial charge < -0.3 is 9.80 Å². The molecule has 0 radical (unpaired) electrons. The molecule has 1 aliphatic heterocycles. The van der Waals surface area contributed by atoms with E-state index in [1.807, 2.05) is 38.1 Å². The lowest BCUT2D eigenvalue weighted by Crippen LogP contribution is -2.49. The summed E-state index contributed by atoms with van der Waals surface area (Å²) in [5, 5.41) is 5.51. The topological polar surface area (TPSA) is 54.3 Å². The van der Waals surface area contributed by atoms with Crippen molar-refractivity contribution in [2.75, 3.05) is 31.1 Å². The van der Waals surface area contributed by atoms with Crippen LogP contribution < -0.4 is 4.90 Å². The second-order valence-electron chi connectivity index (χ2n) is 7.55. The number of hydrogen-bond acceptors (Lipinski definition) is 4. The number of amides is 1. The minimum absolute atomic E-state index is 0.161. The van der Waals surface area contributed by atoms with E-state index in [0.29, 0.717) is 29.0 Å². The summed E-state index contributed by atoms with van der Waals surface area (Å²) in [4.78, 5) is 21.8. The summed E-state index contributed by atoms with van der Waals surface area (Å²) in [7, 11) is 0. The maximum Gasteiger partial charge on any atom is 0.274 e. The average molecular weight is 444 g/mol. The summed E-state index contributed by atoms with van der Waals surface area (Å²) in [6.45, 7) is 8.57. The molecule has 3 aromatic rings. The van der Waals surface area contributed by atoms with Gasteiger partial charge in [-0.1, -0.05) is 29.3 Å². The number of rotatable bonds is 3. The first-order chi connectivity index (χ1) is 14.3. The summed E-state index contributed by atoms with van der Waals surface area (Å²) >= 11 is 12.5. The lowest BCUT2D eigenvalue weighted by Gasteiger charge is -2.36. The van der Waals surface area contributed by atoms with E-state index in [-0.39, 0.29) is 11.6 Å². The highest BCUT2D eigenvalue weighted by Gasteiger charge is 2.26. The summed E-state index contributed by atoms with van der Waals surface area (Å²) in [5.41, 5.74) is 4.38. The maximum absolute atomic E-state index is 13.2. The standard InChI is InChI=1S/C22H23Cl2N5O/c1-14-4-5-17(23)13-19(14)27-8-10-28(11-9-27)22(30)21-18(24)6-7-20(25-21)29-16(3)12-15(2)26-29/h4-7,12-13H,8-11H2,1-3H3. The minimum atomic E-state index is -0.161. The molecule has 0 unspecified atom stereocenters. The van der Waals surface area contributed by atoms with Crippen LogP contribution in [0.25, 0.3) is 5.82 Å². The molecule has 3 heterocycles. The van der Waals surface area contributed by atoms with Crippen LogP contribution in [0, 0.1) is 20.8 Å². The molecule has 0 bridgehead atoms. The highest BCUT2D eigenvalue weighted by molar-refractivity contribution is 6.33. The van der Waals surface area contributed by atoms with Gasteiger partial charge in [0.05, 0.1) is 10.7 Å². The quantitative estimate of drug-likeness (QED) is 0.599. The molecule has 2 aromatic heterocycles. The van der Waals surface area contributed by atoms with Crippen molar-refractivity contribution in [1.82, 2.24) is 19.7 Å². The zero-order chi connectivity index (χ0) is 21.4. The second kappa shape index (κ2) is 8.28. The van der Waals surface area contributed by atoms with Crippen molar-refractivity contribution in [2.24, 2.45) is 0 Å². The smallest absolute Gasteiger partial charge is 0.274 e. The zero-order valence-electron chi connectivity index (χ0n) is 17.2. The molecule has 0 saturated carbocycles. The Morgan fingerprint density at radius 1 is 0.967 bits per heavy atom. The number of carbonyl (C=O) groups excluding carboxylic acids is 1. The summed E-state index contributed by atoms with van der Waals surface area (Å²) in [6.07, 6.45) is 0. The van der Waals surface area contributed by atoms with Crippen molar-refractivity contribution < 1.29 is 4.79 Å². The molecule has 1 aromatic carbocycles. The Kier molecular flexibility index (Phi) is 5.71. The van der Waals surface area contributed by atoms with E-state index in [4.69, 9.17) is 23.2 Å². The Labute approximate surface area is 186 Å². The molecule has 0 aliphatic carbocycles. The lowest BCUT2D eigenvalue weighted by atomic mass is 10.1. The van der Waals surface area contributed by atoms with Gasteiger partial charge >= 0.3 is 0 Å². The number of halogens is 2. The normalized spacial score (nSPS) is 14.3. The van der Waals surface area contributed by atoms with E-state index in [1.165, 1.54) is 5.56 Å². The monoisotopic (exact) mass is 443 g/mol. The number of carbonyl (C=O) groups is 1.